The van der Waals surface area contributed by atoms with Crippen molar-refractivity contribution in [3.8, 4) is 40.0 Å². The topological polar surface area (TPSA) is 78.2 Å². The van der Waals surface area contributed by atoms with Crippen LogP contribution in [0.5, 0.6) is 11.5 Å². The van der Waals surface area contributed by atoms with E-state index < -0.39 is 0 Å². The summed E-state index contributed by atoms with van der Waals surface area (Å²) in [5.74, 6) is 1.52. The fourth-order valence-electron chi connectivity index (χ4n) is 2.85. The summed E-state index contributed by atoms with van der Waals surface area (Å²) in [5.41, 5.74) is 3.77. The van der Waals surface area contributed by atoms with Gasteiger partial charge >= 0.3 is 0 Å². The number of hydrogen-bond donors (Lipinski definition) is 2. The van der Waals surface area contributed by atoms with Gasteiger partial charge in [0.25, 0.3) is 0 Å². The highest BCUT2D eigenvalue weighted by Gasteiger charge is 2.13. The molecule has 0 radical (unpaired) electrons. The van der Waals surface area contributed by atoms with Gasteiger partial charge in [0, 0.05) is 11.6 Å². The number of nitrogens with one attached hydrogen (secondary N) is 1. The molecular formula is C23H23N3O2. The second-order valence-corrected chi connectivity index (χ2v) is 6.65. The average molecular weight is 373 g/mol. The molecule has 1 aromatic heterocycles. The number of nitrogens with zero attached hydrogens (tertiary/aromatic N) is 2. The zero-order valence-corrected chi connectivity index (χ0v) is 16.2. The first-order chi connectivity index (χ1) is 13.5. The van der Waals surface area contributed by atoms with E-state index in [0.717, 1.165) is 23.4 Å². The first kappa shape index (κ1) is 19.2. The minimum atomic E-state index is 0.139. The molecule has 3 aromatic rings. The van der Waals surface area contributed by atoms with Gasteiger partial charge in [-0.25, -0.2) is 4.98 Å². The van der Waals surface area contributed by atoms with Gasteiger partial charge in [-0.15, -0.1) is 0 Å². The molecule has 0 aliphatic carbocycles. The predicted molar refractivity (Wildman–Crippen MR) is 111 cm³/mol. The summed E-state index contributed by atoms with van der Waals surface area (Å²) in [5, 5.41) is 22.8. The van der Waals surface area contributed by atoms with Crippen LogP contribution in [-0.2, 0) is 0 Å². The van der Waals surface area contributed by atoms with Crippen LogP contribution >= 0.6 is 0 Å². The molecule has 0 aliphatic rings. The summed E-state index contributed by atoms with van der Waals surface area (Å²) in [6.07, 6.45) is 0.961. The quantitative estimate of drug-likeness (QED) is 0.620. The summed E-state index contributed by atoms with van der Waals surface area (Å²) in [6.45, 7) is 4.20. The monoisotopic (exact) mass is 373 g/mol. The molecule has 5 heteroatoms. The lowest BCUT2D eigenvalue weighted by Crippen LogP contribution is -2.14. The number of anilines is 1. The third-order valence-corrected chi connectivity index (χ3v) is 4.66. The van der Waals surface area contributed by atoms with Crippen LogP contribution in [-0.4, -0.2) is 23.2 Å². The van der Waals surface area contributed by atoms with Crippen LogP contribution in [0, 0.1) is 11.3 Å². The Morgan fingerprint density at radius 2 is 1.86 bits per heavy atom. The maximum Gasteiger partial charge on any atom is 0.127 e. The van der Waals surface area contributed by atoms with E-state index in [4.69, 9.17) is 15.0 Å². The number of rotatable bonds is 6. The van der Waals surface area contributed by atoms with Crippen LogP contribution in [0.15, 0.2) is 54.6 Å². The van der Waals surface area contributed by atoms with Gasteiger partial charge in [-0.3, -0.25) is 0 Å². The molecule has 1 atom stereocenters. The van der Waals surface area contributed by atoms with Crippen molar-refractivity contribution in [2.75, 3.05) is 12.4 Å². The molecule has 1 heterocycles. The normalized spacial score (nSPS) is 11.5. The second-order valence-electron chi connectivity index (χ2n) is 6.65. The van der Waals surface area contributed by atoms with Crippen molar-refractivity contribution in [2.45, 2.75) is 26.3 Å². The molecular weight excluding hydrogens is 350 g/mol. The number of hydrogen-bond acceptors (Lipinski definition) is 5. The lowest BCUT2D eigenvalue weighted by atomic mass is 10.0. The number of aromatic hydroxyl groups is 1. The van der Waals surface area contributed by atoms with Crippen molar-refractivity contribution in [1.82, 2.24) is 4.98 Å². The first-order valence-electron chi connectivity index (χ1n) is 9.20. The van der Waals surface area contributed by atoms with Gasteiger partial charge in [0.15, 0.2) is 0 Å². The second kappa shape index (κ2) is 8.45. The molecule has 0 fully saturated rings. The first-order valence-corrected chi connectivity index (χ1v) is 9.20. The van der Waals surface area contributed by atoms with Crippen molar-refractivity contribution in [1.29, 1.82) is 5.26 Å². The van der Waals surface area contributed by atoms with E-state index in [-0.39, 0.29) is 11.8 Å². The molecule has 1 unspecified atom stereocenters. The van der Waals surface area contributed by atoms with Gasteiger partial charge in [-0.1, -0.05) is 19.1 Å². The minimum absolute atomic E-state index is 0.139. The Hall–Kier alpha value is -3.52. The highest BCUT2D eigenvalue weighted by atomic mass is 16.5. The number of nitriles is 1. The summed E-state index contributed by atoms with van der Waals surface area (Å²) in [7, 11) is 1.59. The lowest BCUT2D eigenvalue weighted by molar-refractivity contribution is 0.412. The van der Waals surface area contributed by atoms with Gasteiger partial charge in [0.1, 0.15) is 17.3 Å². The molecule has 2 N–H and O–H groups in total. The molecule has 142 valence electrons. The van der Waals surface area contributed by atoms with Crippen LogP contribution in [0.3, 0.4) is 0 Å². The standard InChI is InChI=1S/C23H23N3O2/c1-4-15(2)25-23-12-18(17-7-5-16(14-24)6-8-17)11-21(26-23)20-13-19(28-3)9-10-22(20)27/h5-13,15,27H,4H2,1-3H3,(H,25,26). The SMILES string of the molecule is CCC(C)Nc1cc(-c2ccc(C#N)cc2)cc(-c2cc(OC)ccc2O)n1. The van der Waals surface area contributed by atoms with E-state index in [1.54, 1.807) is 37.4 Å². The number of ether oxygens (including phenoxy) is 1. The highest BCUT2D eigenvalue weighted by Crippen LogP contribution is 2.35. The maximum absolute atomic E-state index is 10.4. The molecule has 5 nitrogen and oxygen atoms in total. The molecule has 28 heavy (non-hydrogen) atoms. The Morgan fingerprint density at radius 1 is 1.11 bits per heavy atom. The van der Waals surface area contributed by atoms with Gasteiger partial charge < -0.3 is 15.2 Å². The van der Waals surface area contributed by atoms with Crippen LogP contribution in [0.4, 0.5) is 5.82 Å². The Balaban J connectivity index is 2.13. The molecule has 0 bridgehead atoms. The van der Waals surface area contributed by atoms with Crippen LogP contribution in [0.1, 0.15) is 25.8 Å². The molecule has 0 spiro atoms. The van der Waals surface area contributed by atoms with E-state index in [9.17, 15) is 5.11 Å². The highest BCUT2D eigenvalue weighted by molar-refractivity contribution is 5.77. The summed E-state index contributed by atoms with van der Waals surface area (Å²) in [4.78, 5) is 4.71. The van der Waals surface area contributed by atoms with Crippen molar-refractivity contribution in [2.24, 2.45) is 0 Å². The van der Waals surface area contributed by atoms with Gasteiger partial charge in [-0.05, 0) is 66.9 Å². The predicted octanol–water partition coefficient (Wildman–Crippen LogP) is 5.21. The Labute approximate surface area is 165 Å². The molecule has 2 aromatic carbocycles. The van der Waals surface area contributed by atoms with Gasteiger partial charge in [0.05, 0.1) is 24.4 Å². The van der Waals surface area contributed by atoms with Crippen molar-refractivity contribution in [3.05, 3.63) is 60.2 Å². The van der Waals surface area contributed by atoms with Gasteiger partial charge in [0.2, 0.25) is 0 Å². The summed E-state index contributed by atoms with van der Waals surface area (Å²) in [6, 6.07) is 18.8. The van der Waals surface area contributed by atoms with E-state index in [1.807, 2.05) is 24.3 Å². The number of phenolic OH excluding ortho intramolecular Hbond substituents is 1. The van der Waals surface area contributed by atoms with E-state index in [1.165, 1.54) is 0 Å². The smallest absolute Gasteiger partial charge is 0.127 e. The van der Waals surface area contributed by atoms with Gasteiger partial charge in [-0.2, -0.15) is 5.26 Å². The zero-order chi connectivity index (χ0) is 20.1. The lowest BCUT2D eigenvalue weighted by Gasteiger charge is -2.16. The number of aromatic nitrogens is 1. The number of pyridine rings is 1. The van der Waals surface area contributed by atoms with Crippen molar-refractivity contribution >= 4 is 5.82 Å². The zero-order valence-electron chi connectivity index (χ0n) is 16.2. The fraction of sp³-hybridized carbons (Fsp3) is 0.217. The Kier molecular flexibility index (Phi) is 5.81. The third kappa shape index (κ3) is 4.24. The summed E-state index contributed by atoms with van der Waals surface area (Å²) >= 11 is 0. The van der Waals surface area contributed by atoms with Crippen molar-refractivity contribution < 1.29 is 9.84 Å². The number of methoxy groups -OCH3 is 1. The molecule has 3 rings (SSSR count). The number of phenols is 1. The fourth-order valence-corrected chi connectivity index (χ4v) is 2.85. The van der Waals surface area contributed by atoms with Crippen LogP contribution in [0.2, 0.25) is 0 Å². The maximum atomic E-state index is 10.4. The minimum Gasteiger partial charge on any atom is -0.507 e. The molecule has 0 aliphatic heterocycles. The largest absolute Gasteiger partial charge is 0.507 e. The average Bonchev–Trinajstić information content (AvgIpc) is 2.73. The number of benzene rings is 2. The van der Waals surface area contributed by atoms with E-state index in [2.05, 4.69) is 25.2 Å². The molecule has 0 saturated carbocycles. The summed E-state index contributed by atoms with van der Waals surface area (Å²) < 4.78 is 5.30. The van der Waals surface area contributed by atoms with E-state index in [0.29, 0.717) is 22.6 Å². The Bertz CT molecular complexity index is 1010. The molecule has 0 amide bonds. The third-order valence-electron chi connectivity index (χ3n) is 4.66. The Morgan fingerprint density at radius 3 is 2.50 bits per heavy atom. The molecule has 0 saturated heterocycles. The van der Waals surface area contributed by atoms with E-state index >= 15 is 0 Å². The van der Waals surface area contributed by atoms with Crippen LogP contribution in [0.25, 0.3) is 22.4 Å². The van der Waals surface area contributed by atoms with Crippen LogP contribution < -0.4 is 10.1 Å². The van der Waals surface area contributed by atoms with Crippen molar-refractivity contribution in [3.63, 3.8) is 0 Å².